The van der Waals surface area contributed by atoms with E-state index in [4.69, 9.17) is 10.00 Å². The molecule has 1 fully saturated rings. The zero-order valence-corrected chi connectivity index (χ0v) is 11.2. The van der Waals surface area contributed by atoms with Crippen molar-refractivity contribution in [1.82, 2.24) is 5.32 Å². The van der Waals surface area contributed by atoms with Gasteiger partial charge in [-0.3, -0.25) is 4.79 Å². The third-order valence-electron chi connectivity index (χ3n) is 2.97. The lowest BCUT2D eigenvalue weighted by molar-refractivity contribution is -0.120. The van der Waals surface area contributed by atoms with Crippen LogP contribution in [0.25, 0.3) is 0 Å². The smallest absolute Gasteiger partial charge is 0.244 e. The Morgan fingerprint density at radius 1 is 1.61 bits per heavy atom. The van der Waals surface area contributed by atoms with Crippen molar-refractivity contribution in [2.75, 3.05) is 25.1 Å². The predicted molar refractivity (Wildman–Crippen MR) is 69.7 cm³/mol. The second-order valence-corrected chi connectivity index (χ2v) is 5.39. The summed E-state index contributed by atoms with van der Waals surface area (Å²) in [6.45, 7) is 5.51. The maximum atomic E-state index is 12.0. The van der Waals surface area contributed by atoms with E-state index in [9.17, 15) is 4.79 Å². The van der Waals surface area contributed by atoms with Crippen LogP contribution in [-0.4, -0.2) is 31.7 Å². The molecule has 2 heterocycles. The van der Waals surface area contributed by atoms with Crippen molar-refractivity contribution in [3.63, 3.8) is 0 Å². The number of hydrogen-bond donors (Lipinski definition) is 2. The largest absolute Gasteiger partial charge is 0.378 e. The van der Waals surface area contributed by atoms with Gasteiger partial charge in [0.15, 0.2) is 0 Å². The number of nitriles is 1. The normalized spacial score (nSPS) is 19.3. The van der Waals surface area contributed by atoms with Gasteiger partial charge in [-0.05, 0) is 19.4 Å². The average Bonchev–Trinajstić information content (AvgIpc) is 2.65. The molecule has 5 nitrogen and oxygen atoms in total. The molecule has 18 heavy (non-hydrogen) atoms. The van der Waals surface area contributed by atoms with Gasteiger partial charge >= 0.3 is 0 Å². The molecular weight excluding hydrogens is 250 g/mol. The van der Waals surface area contributed by atoms with Crippen molar-refractivity contribution in [3.8, 4) is 6.07 Å². The molecule has 1 aliphatic heterocycles. The topological polar surface area (TPSA) is 74.2 Å². The third kappa shape index (κ3) is 2.53. The zero-order valence-electron chi connectivity index (χ0n) is 10.4. The minimum absolute atomic E-state index is 0.146. The molecule has 0 spiro atoms. The van der Waals surface area contributed by atoms with Crippen LogP contribution in [0.1, 0.15) is 16.0 Å². The van der Waals surface area contributed by atoms with E-state index >= 15 is 0 Å². The highest BCUT2D eigenvalue weighted by Gasteiger charge is 2.23. The molecule has 2 rings (SSSR count). The quantitative estimate of drug-likeness (QED) is 0.841. The van der Waals surface area contributed by atoms with Crippen LogP contribution in [0, 0.1) is 25.2 Å². The Kier molecular flexibility index (Phi) is 3.97. The highest BCUT2D eigenvalue weighted by molar-refractivity contribution is 7.16. The Balaban J connectivity index is 2.11. The number of anilines is 1. The number of carbonyl (C=O) groups excluding carboxylic acids is 1. The van der Waals surface area contributed by atoms with Crippen molar-refractivity contribution < 1.29 is 9.53 Å². The van der Waals surface area contributed by atoms with E-state index in [-0.39, 0.29) is 11.9 Å². The van der Waals surface area contributed by atoms with Crippen LogP contribution in [0.15, 0.2) is 0 Å². The monoisotopic (exact) mass is 265 g/mol. The third-order valence-corrected chi connectivity index (χ3v) is 4.09. The van der Waals surface area contributed by atoms with E-state index in [0.29, 0.717) is 30.3 Å². The Bertz CT molecular complexity index is 498. The van der Waals surface area contributed by atoms with Gasteiger partial charge in [-0.2, -0.15) is 5.26 Å². The van der Waals surface area contributed by atoms with Gasteiger partial charge in [0.25, 0.3) is 0 Å². The van der Waals surface area contributed by atoms with E-state index in [1.54, 1.807) is 0 Å². The lowest BCUT2D eigenvalue weighted by Gasteiger charge is -2.22. The second kappa shape index (κ2) is 5.48. The molecule has 1 aromatic rings. The molecule has 1 unspecified atom stereocenters. The maximum absolute atomic E-state index is 12.0. The Morgan fingerprint density at radius 3 is 3.00 bits per heavy atom. The molecule has 96 valence electrons. The van der Waals surface area contributed by atoms with Gasteiger partial charge in [0.1, 0.15) is 17.1 Å². The molecule has 0 bridgehead atoms. The van der Waals surface area contributed by atoms with Crippen LogP contribution in [0.2, 0.25) is 0 Å². The standard InChI is InChI=1S/C12H15N3O2S/c1-7-8(2)18-12(9(7)5-13)15-11(16)10-6-17-4-3-14-10/h10,14H,3-4,6H2,1-2H3,(H,15,16). The molecule has 6 heteroatoms. The highest BCUT2D eigenvalue weighted by atomic mass is 32.1. The summed E-state index contributed by atoms with van der Waals surface area (Å²) in [5.41, 5.74) is 1.49. The Hall–Kier alpha value is -1.42. The minimum atomic E-state index is -0.340. The van der Waals surface area contributed by atoms with Crippen LogP contribution < -0.4 is 10.6 Å². The molecule has 0 aliphatic carbocycles. The molecule has 0 radical (unpaired) electrons. The Morgan fingerprint density at radius 2 is 2.39 bits per heavy atom. The van der Waals surface area contributed by atoms with Crippen LogP contribution in [-0.2, 0) is 9.53 Å². The first-order valence-corrected chi connectivity index (χ1v) is 6.57. The SMILES string of the molecule is Cc1sc(NC(=O)C2COCCN2)c(C#N)c1C. The molecular formula is C12H15N3O2S. The summed E-state index contributed by atoms with van der Waals surface area (Å²) >= 11 is 1.43. The van der Waals surface area contributed by atoms with Crippen LogP contribution in [0.3, 0.4) is 0 Å². The number of nitrogens with zero attached hydrogens (tertiary/aromatic N) is 1. The fraction of sp³-hybridized carbons (Fsp3) is 0.500. The number of ether oxygens (including phenoxy) is 1. The first-order chi connectivity index (χ1) is 8.63. The van der Waals surface area contributed by atoms with Crippen molar-refractivity contribution in [1.29, 1.82) is 5.26 Å². The van der Waals surface area contributed by atoms with Gasteiger partial charge < -0.3 is 15.4 Å². The van der Waals surface area contributed by atoms with Crippen molar-refractivity contribution >= 4 is 22.2 Å². The summed E-state index contributed by atoms with van der Waals surface area (Å²) in [6.07, 6.45) is 0. The van der Waals surface area contributed by atoms with Gasteiger partial charge in [0.05, 0.1) is 18.8 Å². The molecule has 0 aromatic carbocycles. The number of rotatable bonds is 2. The van der Waals surface area contributed by atoms with E-state index in [2.05, 4.69) is 16.7 Å². The number of aryl methyl sites for hydroxylation is 1. The fourth-order valence-corrected chi connectivity index (χ4v) is 2.80. The fourth-order valence-electron chi connectivity index (χ4n) is 1.78. The van der Waals surface area contributed by atoms with E-state index in [0.717, 1.165) is 10.4 Å². The molecule has 1 atom stereocenters. The summed E-state index contributed by atoms with van der Waals surface area (Å²) in [5, 5.41) is 15.6. The number of thiophene rings is 1. The number of hydrogen-bond acceptors (Lipinski definition) is 5. The molecule has 1 amide bonds. The lowest BCUT2D eigenvalue weighted by atomic mass is 10.2. The van der Waals surface area contributed by atoms with Gasteiger partial charge in [0, 0.05) is 11.4 Å². The summed E-state index contributed by atoms with van der Waals surface area (Å²) in [5.74, 6) is -0.146. The van der Waals surface area contributed by atoms with Gasteiger partial charge in [-0.15, -0.1) is 11.3 Å². The first-order valence-electron chi connectivity index (χ1n) is 5.75. The van der Waals surface area contributed by atoms with Crippen molar-refractivity contribution in [3.05, 3.63) is 16.0 Å². The molecule has 1 aromatic heterocycles. The average molecular weight is 265 g/mol. The molecule has 1 saturated heterocycles. The molecule has 1 aliphatic rings. The highest BCUT2D eigenvalue weighted by Crippen LogP contribution is 2.31. The Labute approximate surface area is 110 Å². The maximum Gasteiger partial charge on any atom is 0.244 e. The number of amides is 1. The summed E-state index contributed by atoms with van der Waals surface area (Å²) in [7, 11) is 0. The van der Waals surface area contributed by atoms with Crippen LogP contribution in [0.4, 0.5) is 5.00 Å². The zero-order chi connectivity index (χ0) is 13.1. The summed E-state index contributed by atoms with van der Waals surface area (Å²) < 4.78 is 5.24. The van der Waals surface area contributed by atoms with Crippen molar-refractivity contribution in [2.24, 2.45) is 0 Å². The first kappa shape index (κ1) is 13.0. The second-order valence-electron chi connectivity index (χ2n) is 4.17. The number of carbonyl (C=O) groups is 1. The molecule has 0 saturated carbocycles. The lowest BCUT2D eigenvalue weighted by Crippen LogP contribution is -2.48. The van der Waals surface area contributed by atoms with Gasteiger partial charge in [0.2, 0.25) is 5.91 Å². The van der Waals surface area contributed by atoms with Crippen LogP contribution >= 0.6 is 11.3 Å². The van der Waals surface area contributed by atoms with Crippen molar-refractivity contribution in [2.45, 2.75) is 19.9 Å². The molecule has 2 N–H and O–H groups in total. The minimum Gasteiger partial charge on any atom is -0.378 e. The van der Waals surface area contributed by atoms with Crippen LogP contribution in [0.5, 0.6) is 0 Å². The van der Waals surface area contributed by atoms with Gasteiger partial charge in [-0.25, -0.2) is 0 Å². The van der Waals surface area contributed by atoms with Gasteiger partial charge in [-0.1, -0.05) is 0 Å². The van der Waals surface area contributed by atoms with E-state index < -0.39 is 0 Å². The predicted octanol–water partition coefficient (Wildman–Crippen LogP) is 1.16. The number of nitrogens with one attached hydrogen (secondary N) is 2. The summed E-state index contributed by atoms with van der Waals surface area (Å²) in [4.78, 5) is 13.1. The summed E-state index contributed by atoms with van der Waals surface area (Å²) in [6, 6.07) is 1.80. The van der Waals surface area contributed by atoms with E-state index in [1.165, 1.54) is 11.3 Å². The van der Waals surface area contributed by atoms with E-state index in [1.807, 2.05) is 13.8 Å². The number of morpholine rings is 1.